The fourth-order valence-electron chi connectivity index (χ4n) is 4.17. The van der Waals surface area contributed by atoms with E-state index in [4.69, 9.17) is 9.15 Å². The van der Waals surface area contributed by atoms with Crippen LogP contribution in [0.2, 0.25) is 0 Å². The number of allylic oxidation sites excluding steroid dienone is 1. The molecule has 9 nitrogen and oxygen atoms in total. The number of hydrogen-bond acceptors (Lipinski definition) is 9. The number of aliphatic imine (C=N–C) groups is 1. The quantitative estimate of drug-likeness (QED) is 0.632. The van der Waals surface area contributed by atoms with E-state index in [9.17, 15) is 15.0 Å². The summed E-state index contributed by atoms with van der Waals surface area (Å²) < 4.78 is 11.2. The van der Waals surface area contributed by atoms with Gasteiger partial charge in [-0.05, 0) is 45.0 Å². The minimum atomic E-state index is -0.616. The first-order valence-electron chi connectivity index (χ1n) is 10.8. The zero-order valence-corrected chi connectivity index (χ0v) is 18.3. The molecule has 2 aliphatic rings. The number of likely N-dealkylation sites (N-methyl/N-ethyl adjacent to an activating group) is 1. The zero-order valence-electron chi connectivity index (χ0n) is 18.3. The molecule has 0 aliphatic carbocycles. The second-order valence-electron chi connectivity index (χ2n) is 7.87. The van der Waals surface area contributed by atoms with Crippen LogP contribution >= 0.6 is 0 Å². The number of carbonyl (C=O) groups excluding carboxylic acids is 1. The first-order chi connectivity index (χ1) is 15.5. The average molecular weight is 441 g/mol. The number of aliphatic hydroxyl groups excluding tert-OH is 1. The lowest BCUT2D eigenvalue weighted by Crippen LogP contribution is -2.44. The summed E-state index contributed by atoms with van der Waals surface area (Å²) in [6.45, 7) is 3.97. The standard InChI is InChI=1S/C23H28N4O5/c1-3-31-23(30)19-20(29)18(13-15-14-25-21-17(15)5-4-8-24-21)32-22(19)27-9-6-16(7-10-27)26(2)11-12-28/h4-5,8,13-14,16,28-29H,3,6-7,9-12H2,1-2H3. The van der Waals surface area contributed by atoms with Gasteiger partial charge in [0.25, 0.3) is 0 Å². The van der Waals surface area contributed by atoms with Gasteiger partial charge in [0.1, 0.15) is 0 Å². The van der Waals surface area contributed by atoms with E-state index in [2.05, 4.69) is 14.9 Å². The molecule has 0 aromatic carbocycles. The van der Waals surface area contributed by atoms with Gasteiger partial charge in [0, 0.05) is 49.2 Å². The van der Waals surface area contributed by atoms with Crippen molar-refractivity contribution in [2.75, 3.05) is 44.8 Å². The highest BCUT2D eigenvalue weighted by Gasteiger charge is 2.32. The topological polar surface area (TPSA) is 112 Å². The third-order valence-corrected chi connectivity index (χ3v) is 5.91. The van der Waals surface area contributed by atoms with Crippen LogP contribution in [0.5, 0.6) is 5.75 Å². The Bertz CT molecular complexity index is 1040. The number of ether oxygens (including phenoxy) is 1. The molecule has 4 rings (SSSR count). The number of aliphatic hydroxyl groups is 1. The van der Waals surface area contributed by atoms with Crippen LogP contribution < -0.4 is 4.90 Å². The number of nitrogens with zero attached hydrogens (tertiary/aromatic N) is 4. The molecule has 4 heterocycles. The smallest absolute Gasteiger partial charge is 0.347 e. The molecule has 0 atom stereocenters. The number of aromatic hydroxyl groups is 1. The molecule has 2 aliphatic heterocycles. The fourth-order valence-corrected chi connectivity index (χ4v) is 4.17. The molecule has 0 radical (unpaired) electrons. The van der Waals surface area contributed by atoms with Crippen molar-refractivity contribution >= 4 is 35.5 Å². The maximum absolute atomic E-state index is 12.7. The SMILES string of the molecule is CCOC(=O)c1c(N2CCC(N(C)CCO)CC2)oc(C=C2C=Nc3ncccc32)c1O. The summed E-state index contributed by atoms with van der Waals surface area (Å²) in [5, 5.41) is 20.1. The van der Waals surface area contributed by atoms with E-state index in [0.717, 1.165) is 24.0 Å². The summed E-state index contributed by atoms with van der Waals surface area (Å²) in [5.74, 6) is 0.245. The van der Waals surface area contributed by atoms with Crippen LogP contribution in [-0.4, -0.2) is 78.2 Å². The van der Waals surface area contributed by atoms with Gasteiger partial charge in [0.2, 0.25) is 5.88 Å². The molecule has 170 valence electrons. The molecule has 2 aromatic heterocycles. The number of aromatic nitrogens is 1. The number of pyridine rings is 1. The third-order valence-electron chi connectivity index (χ3n) is 5.91. The highest BCUT2D eigenvalue weighted by molar-refractivity contribution is 6.21. The van der Waals surface area contributed by atoms with E-state index in [1.54, 1.807) is 25.4 Å². The van der Waals surface area contributed by atoms with Gasteiger partial charge in [-0.2, -0.15) is 0 Å². The van der Waals surface area contributed by atoms with E-state index in [1.165, 1.54) is 0 Å². The van der Waals surface area contributed by atoms with E-state index in [0.29, 0.717) is 37.4 Å². The number of furan rings is 1. The molecule has 0 spiro atoms. The normalized spacial score (nSPS) is 17.4. The second-order valence-corrected chi connectivity index (χ2v) is 7.87. The maximum atomic E-state index is 12.7. The molecule has 1 fully saturated rings. The summed E-state index contributed by atoms with van der Waals surface area (Å²) >= 11 is 0. The summed E-state index contributed by atoms with van der Waals surface area (Å²) in [7, 11) is 2.00. The molecule has 0 saturated carbocycles. The Balaban J connectivity index is 1.64. The van der Waals surface area contributed by atoms with Crippen molar-refractivity contribution in [2.24, 2.45) is 4.99 Å². The Morgan fingerprint density at radius 1 is 1.41 bits per heavy atom. The molecule has 0 unspecified atom stereocenters. The molecular weight excluding hydrogens is 412 g/mol. The van der Waals surface area contributed by atoms with Gasteiger partial charge in [-0.1, -0.05) is 0 Å². The molecule has 2 N–H and O–H groups in total. The Kier molecular flexibility index (Phi) is 6.57. The number of piperidine rings is 1. The van der Waals surface area contributed by atoms with Gasteiger partial charge in [-0.25, -0.2) is 14.8 Å². The van der Waals surface area contributed by atoms with Crippen LogP contribution in [0.25, 0.3) is 11.6 Å². The Hall–Kier alpha value is -3.17. The van der Waals surface area contributed by atoms with E-state index in [1.807, 2.05) is 24.1 Å². The van der Waals surface area contributed by atoms with E-state index in [-0.39, 0.29) is 30.3 Å². The van der Waals surface area contributed by atoms with Crippen LogP contribution in [0.15, 0.2) is 27.7 Å². The summed E-state index contributed by atoms with van der Waals surface area (Å²) in [6, 6.07) is 4.05. The lowest BCUT2D eigenvalue weighted by molar-refractivity contribution is 0.0523. The number of esters is 1. The number of carbonyl (C=O) groups is 1. The minimum Gasteiger partial charge on any atom is -0.504 e. The Labute approximate surface area is 186 Å². The van der Waals surface area contributed by atoms with Crippen molar-refractivity contribution in [1.29, 1.82) is 0 Å². The first kappa shape index (κ1) is 22.0. The largest absolute Gasteiger partial charge is 0.504 e. The van der Waals surface area contributed by atoms with Crippen molar-refractivity contribution in [3.8, 4) is 5.75 Å². The van der Waals surface area contributed by atoms with Crippen LogP contribution in [-0.2, 0) is 4.74 Å². The second kappa shape index (κ2) is 9.54. The molecular formula is C23H28N4O5. The van der Waals surface area contributed by atoms with Gasteiger partial charge < -0.3 is 29.2 Å². The number of hydrogen-bond donors (Lipinski definition) is 2. The van der Waals surface area contributed by atoms with Crippen LogP contribution in [0.1, 0.15) is 41.4 Å². The summed E-state index contributed by atoms with van der Waals surface area (Å²) in [6.07, 6.45) is 6.69. The average Bonchev–Trinajstić information content (AvgIpc) is 3.36. The number of fused-ring (bicyclic) bond motifs is 1. The highest BCUT2D eigenvalue weighted by atomic mass is 16.5. The first-order valence-corrected chi connectivity index (χ1v) is 10.8. The minimum absolute atomic E-state index is 0.0437. The highest BCUT2D eigenvalue weighted by Crippen LogP contribution is 2.40. The van der Waals surface area contributed by atoms with E-state index >= 15 is 0 Å². The number of anilines is 1. The van der Waals surface area contributed by atoms with Gasteiger partial charge in [0.05, 0.1) is 13.2 Å². The monoisotopic (exact) mass is 440 g/mol. The third kappa shape index (κ3) is 4.26. The fraction of sp³-hybridized carbons (Fsp3) is 0.435. The molecule has 1 saturated heterocycles. The lowest BCUT2D eigenvalue weighted by atomic mass is 10.0. The van der Waals surface area contributed by atoms with Crippen LogP contribution in [0, 0.1) is 0 Å². The van der Waals surface area contributed by atoms with Crippen molar-refractivity contribution < 1.29 is 24.2 Å². The summed E-state index contributed by atoms with van der Waals surface area (Å²) in [5.41, 5.74) is 1.61. The van der Waals surface area contributed by atoms with Gasteiger partial charge in [-0.3, -0.25) is 0 Å². The van der Waals surface area contributed by atoms with Crippen molar-refractivity contribution in [3.05, 3.63) is 35.2 Å². The molecule has 0 amide bonds. The Morgan fingerprint density at radius 2 is 2.19 bits per heavy atom. The maximum Gasteiger partial charge on any atom is 0.347 e. The van der Waals surface area contributed by atoms with Crippen molar-refractivity contribution in [3.63, 3.8) is 0 Å². The van der Waals surface area contributed by atoms with Gasteiger partial charge in [0.15, 0.2) is 22.9 Å². The van der Waals surface area contributed by atoms with Crippen LogP contribution in [0.3, 0.4) is 0 Å². The molecule has 32 heavy (non-hydrogen) atoms. The van der Waals surface area contributed by atoms with Crippen LogP contribution in [0.4, 0.5) is 11.7 Å². The zero-order chi connectivity index (χ0) is 22.7. The van der Waals surface area contributed by atoms with Gasteiger partial charge >= 0.3 is 5.97 Å². The molecule has 0 bridgehead atoms. The predicted octanol–water partition coefficient (Wildman–Crippen LogP) is 2.71. The summed E-state index contributed by atoms with van der Waals surface area (Å²) in [4.78, 5) is 25.3. The van der Waals surface area contributed by atoms with E-state index < -0.39 is 5.97 Å². The molecule has 9 heteroatoms. The van der Waals surface area contributed by atoms with Crippen molar-refractivity contribution in [2.45, 2.75) is 25.8 Å². The Morgan fingerprint density at radius 3 is 2.91 bits per heavy atom. The van der Waals surface area contributed by atoms with Gasteiger partial charge in [-0.15, -0.1) is 0 Å². The predicted molar refractivity (Wildman–Crippen MR) is 122 cm³/mol. The van der Waals surface area contributed by atoms with Crippen molar-refractivity contribution in [1.82, 2.24) is 9.88 Å². The molecule has 2 aromatic rings. The lowest BCUT2D eigenvalue weighted by Gasteiger charge is -2.36. The number of rotatable bonds is 7.